The minimum absolute atomic E-state index is 0. The molecule has 1 amide bonds. The Morgan fingerprint density at radius 2 is 2.37 bits per heavy atom. The minimum atomic E-state index is 0. The predicted octanol–water partition coefficient (Wildman–Crippen LogP) is 1.27. The third-order valence-electron chi connectivity index (χ3n) is 3.13. The second-order valence-electron chi connectivity index (χ2n) is 4.50. The number of nitrogens with zero attached hydrogens (tertiary/aromatic N) is 2. The van der Waals surface area contributed by atoms with Gasteiger partial charge >= 0.3 is 0 Å². The van der Waals surface area contributed by atoms with Crippen molar-refractivity contribution in [3.63, 3.8) is 0 Å². The Bertz CT molecular complexity index is 411. The fourth-order valence-electron chi connectivity index (χ4n) is 2.00. The summed E-state index contributed by atoms with van der Waals surface area (Å²) in [6, 6.07) is 3.56. The summed E-state index contributed by atoms with van der Waals surface area (Å²) in [7, 11) is 0. The normalized spacial score (nSPS) is 18.8. The van der Waals surface area contributed by atoms with E-state index in [-0.39, 0.29) is 24.4 Å². The molecule has 2 rings (SSSR count). The Hall–Kier alpha value is -1.33. The number of nitrogen functional groups attached to an aromatic ring is 1. The van der Waals surface area contributed by atoms with Crippen LogP contribution in [0.4, 0.5) is 5.69 Å². The number of amides is 1. The molecule has 1 saturated heterocycles. The number of rotatable bonds is 3. The third-order valence-corrected chi connectivity index (χ3v) is 3.13. The quantitative estimate of drug-likeness (QED) is 0.908. The van der Waals surface area contributed by atoms with Gasteiger partial charge in [0.25, 0.3) is 0 Å². The van der Waals surface area contributed by atoms with Crippen molar-refractivity contribution in [2.24, 2.45) is 0 Å². The van der Waals surface area contributed by atoms with Crippen molar-refractivity contribution in [1.29, 1.82) is 0 Å². The van der Waals surface area contributed by atoms with Crippen molar-refractivity contribution >= 4 is 24.0 Å². The molecule has 0 aromatic carbocycles. The molecule has 106 valence electrons. The zero-order chi connectivity index (χ0) is 13.0. The van der Waals surface area contributed by atoms with Crippen LogP contribution >= 0.6 is 12.4 Å². The summed E-state index contributed by atoms with van der Waals surface area (Å²) < 4.78 is 5.55. The maximum absolute atomic E-state index is 12.1. The number of carbonyl (C=O) groups excluding carboxylic acids is 1. The average Bonchev–Trinajstić information content (AvgIpc) is 2.41. The van der Waals surface area contributed by atoms with E-state index in [0.717, 1.165) is 12.1 Å². The van der Waals surface area contributed by atoms with Crippen molar-refractivity contribution in [2.75, 3.05) is 25.4 Å². The van der Waals surface area contributed by atoms with Crippen LogP contribution in [0.15, 0.2) is 18.3 Å². The molecule has 0 aliphatic carbocycles. The smallest absolute Gasteiger partial charge is 0.228 e. The van der Waals surface area contributed by atoms with Gasteiger partial charge in [-0.25, -0.2) is 0 Å². The van der Waals surface area contributed by atoms with E-state index >= 15 is 0 Å². The van der Waals surface area contributed by atoms with Crippen LogP contribution in [-0.4, -0.2) is 41.6 Å². The van der Waals surface area contributed by atoms with Crippen LogP contribution in [0.3, 0.4) is 0 Å². The Morgan fingerprint density at radius 3 is 3.00 bits per heavy atom. The van der Waals surface area contributed by atoms with Gasteiger partial charge in [-0.05, 0) is 18.6 Å². The lowest BCUT2D eigenvalue weighted by atomic mass is 10.2. The van der Waals surface area contributed by atoms with Crippen molar-refractivity contribution < 1.29 is 9.53 Å². The zero-order valence-electron chi connectivity index (χ0n) is 11.0. The minimum Gasteiger partial charge on any atom is -0.397 e. The predicted molar refractivity (Wildman–Crippen MR) is 76.2 cm³/mol. The maximum Gasteiger partial charge on any atom is 0.228 e. The fourth-order valence-corrected chi connectivity index (χ4v) is 2.00. The van der Waals surface area contributed by atoms with Gasteiger partial charge in [-0.2, -0.15) is 0 Å². The summed E-state index contributed by atoms with van der Waals surface area (Å²) in [5, 5.41) is 0. The standard InChI is InChI=1S/C13H19N3O2.ClH/c1-2-12-9-16(5-6-18-12)13(17)7-11-4-3-10(14)8-15-11;/h3-4,8,12H,2,5-7,9,14H2,1H3;1H. The molecule has 1 unspecified atom stereocenters. The zero-order valence-corrected chi connectivity index (χ0v) is 11.9. The SMILES string of the molecule is CCC1CN(C(=O)Cc2ccc(N)cn2)CCO1.Cl. The summed E-state index contributed by atoms with van der Waals surface area (Å²) >= 11 is 0. The molecule has 19 heavy (non-hydrogen) atoms. The number of hydrogen-bond acceptors (Lipinski definition) is 4. The van der Waals surface area contributed by atoms with Crippen LogP contribution < -0.4 is 5.73 Å². The Labute approximate surface area is 119 Å². The Morgan fingerprint density at radius 1 is 1.58 bits per heavy atom. The summed E-state index contributed by atoms with van der Waals surface area (Å²) in [6.07, 6.45) is 3.01. The van der Waals surface area contributed by atoms with Crippen LogP contribution in [0.25, 0.3) is 0 Å². The highest BCUT2D eigenvalue weighted by Gasteiger charge is 2.23. The maximum atomic E-state index is 12.1. The summed E-state index contributed by atoms with van der Waals surface area (Å²) in [6.45, 7) is 4.05. The molecular weight excluding hydrogens is 266 g/mol. The molecular formula is C13H20ClN3O2. The van der Waals surface area contributed by atoms with Crippen LogP contribution in [0, 0.1) is 0 Å². The van der Waals surface area contributed by atoms with Gasteiger partial charge in [0, 0.05) is 18.8 Å². The highest BCUT2D eigenvalue weighted by molar-refractivity contribution is 5.85. The number of pyridine rings is 1. The lowest BCUT2D eigenvalue weighted by Crippen LogP contribution is -2.46. The van der Waals surface area contributed by atoms with Crippen molar-refractivity contribution in [3.05, 3.63) is 24.0 Å². The number of aromatic nitrogens is 1. The first-order valence-corrected chi connectivity index (χ1v) is 6.29. The average molecular weight is 286 g/mol. The number of halogens is 1. The summed E-state index contributed by atoms with van der Waals surface area (Å²) in [5.41, 5.74) is 6.93. The molecule has 0 radical (unpaired) electrons. The molecule has 6 heteroatoms. The van der Waals surface area contributed by atoms with Gasteiger partial charge in [-0.3, -0.25) is 9.78 Å². The topological polar surface area (TPSA) is 68.5 Å². The van der Waals surface area contributed by atoms with Gasteiger partial charge in [-0.1, -0.05) is 6.92 Å². The third kappa shape index (κ3) is 4.36. The van der Waals surface area contributed by atoms with Crippen LogP contribution in [-0.2, 0) is 16.0 Å². The highest BCUT2D eigenvalue weighted by Crippen LogP contribution is 2.10. The molecule has 0 spiro atoms. The van der Waals surface area contributed by atoms with E-state index in [1.54, 1.807) is 18.3 Å². The molecule has 1 aromatic rings. The summed E-state index contributed by atoms with van der Waals surface area (Å²) in [4.78, 5) is 18.1. The number of nitrogens with two attached hydrogens (primary N) is 1. The van der Waals surface area contributed by atoms with Gasteiger partial charge in [0.1, 0.15) is 0 Å². The monoisotopic (exact) mass is 285 g/mol. The molecule has 1 aromatic heterocycles. The van der Waals surface area contributed by atoms with Gasteiger partial charge < -0.3 is 15.4 Å². The fraction of sp³-hybridized carbons (Fsp3) is 0.538. The van der Waals surface area contributed by atoms with E-state index in [9.17, 15) is 4.79 Å². The molecule has 2 N–H and O–H groups in total. The summed E-state index contributed by atoms with van der Waals surface area (Å²) in [5.74, 6) is 0.106. The lowest BCUT2D eigenvalue weighted by molar-refractivity contribution is -0.138. The van der Waals surface area contributed by atoms with Crippen LogP contribution in [0.2, 0.25) is 0 Å². The molecule has 1 fully saturated rings. The van der Waals surface area contributed by atoms with Gasteiger partial charge in [-0.15, -0.1) is 12.4 Å². The van der Waals surface area contributed by atoms with Crippen LogP contribution in [0.1, 0.15) is 19.0 Å². The molecule has 2 heterocycles. The van der Waals surface area contributed by atoms with E-state index in [1.165, 1.54) is 0 Å². The van der Waals surface area contributed by atoms with Crippen molar-refractivity contribution in [3.8, 4) is 0 Å². The van der Waals surface area contributed by atoms with Gasteiger partial charge in [0.05, 0.1) is 31.0 Å². The largest absolute Gasteiger partial charge is 0.397 e. The van der Waals surface area contributed by atoms with Gasteiger partial charge in [0.2, 0.25) is 5.91 Å². The Balaban J connectivity index is 0.00000180. The molecule has 0 bridgehead atoms. The van der Waals surface area contributed by atoms with E-state index in [1.807, 2.05) is 4.90 Å². The number of anilines is 1. The van der Waals surface area contributed by atoms with Gasteiger partial charge in [0.15, 0.2) is 0 Å². The van der Waals surface area contributed by atoms with Crippen molar-refractivity contribution in [2.45, 2.75) is 25.9 Å². The second-order valence-corrected chi connectivity index (χ2v) is 4.50. The first kappa shape index (κ1) is 15.7. The Kier molecular flexibility index (Phi) is 6.05. The number of morpholine rings is 1. The van der Waals surface area contributed by atoms with Crippen LogP contribution in [0.5, 0.6) is 0 Å². The number of carbonyl (C=O) groups is 1. The molecule has 0 saturated carbocycles. The second kappa shape index (κ2) is 7.31. The molecule has 5 nitrogen and oxygen atoms in total. The first-order chi connectivity index (χ1) is 8.69. The van der Waals surface area contributed by atoms with E-state index in [0.29, 0.717) is 31.8 Å². The lowest BCUT2D eigenvalue weighted by Gasteiger charge is -2.32. The van der Waals surface area contributed by atoms with E-state index < -0.39 is 0 Å². The van der Waals surface area contributed by atoms with E-state index in [2.05, 4.69) is 11.9 Å². The number of hydrogen-bond donors (Lipinski definition) is 1. The molecule has 1 aliphatic rings. The first-order valence-electron chi connectivity index (χ1n) is 6.29. The highest BCUT2D eigenvalue weighted by atomic mass is 35.5. The van der Waals surface area contributed by atoms with E-state index in [4.69, 9.17) is 10.5 Å². The molecule has 1 atom stereocenters. The number of ether oxygens (including phenoxy) is 1. The van der Waals surface area contributed by atoms with Crippen molar-refractivity contribution in [1.82, 2.24) is 9.88 Å². The molecule has 1 aliphatic heterocycles.